The van der Waals surface area contributed by atoms with Crippen LogP contribution in [0, 0.1) is 13.8 Å². The van der Waals surface area contributed by atoms with Gasteiger partial charge in [0.25, 0.3) is 5.91 Å². The van der Waals surface area contributed by atoms with Crippen LogP contribution in [0.25, 0.3) is 0 Å². The molecule has 0 unspecified atom stereocenters. The highest BCUT2D eigenvalue weighted by Crippen LogP contribution is 2.29. The summed E-state index contributed by atoms with van der Waals surface area (Å²) in [5, 5.41) is 5.96. The van der Waals surface area contributed by atoms with E-state index in [1.54, 1.807) is 25.3 Å². The van der Waals surface area contributed by atoms with Gasteiger partial charge in [-0.25, -0.2) is 9.97 Å². The first-order valence-electron chi connectivity index (χ1n) is 8.69. The Morgan fingerprint density at radius 2 is 1.68 bits per heavy atom. The van der Waals surface area contributed by atoms with Gasteiger partial charge in [-0.3, -0.25) is 4.79 Å². The number of carbonyl (C=O) groups is 1. The molecule has 1 heterocycles. The molecule has 0 fully saturated rings. The molecule has 0 aliphatic carbocycles. The third-order valence-corrected chi connectivity index (χ3v) is 4.04. The second kappa shape index (κ2) is 8.39. The van der Waals surface area contributed by atoms with E-state index in [2.05, 4.69) is 26.7 Å². The zero-order chi connectivity index (χ0) is 20.1. The second-order valence-corrected chi connectivity index (χ2v) is 6.31. The zero-order valence-corrected chi connectivity index (χ0v) is 16.2. The molecule has 7 heteroatoms. The van der Waals surface area contributed by atoms with Gasteiger partial charge >= 0.3 is 0 Å². The van der Waals surface area contributed by atoms with Crippen molar-refractivity contribution >= 4 is 23.1 Å². The van der Waals surface area contributed by atoms with Gasteiger partial charge in [0.2, 0.25) is 0 Å². The molecule has 0 atom stereocenters. The minimum absolute atomic E-state index is 0.198. The minimum atomic E-state index is -0.381. The van der Waals surface area contributed by atoms with Crippen LogP contribution >= 0.6 is 0 Å². The molecular weight excluding hydrogens is 356 g/mol. The van der Waals surface area contributed by atoms with Gasteiger partial charge in [0.05, 0.1) is 32.3 Å². The Labute approximate surface area is 163 Å². The van der Waals surface area contributed by atoms with E-state index in [1.165, 1.54) is 19.5 Å². The van der Waals surface area contributed by atoms with Crippen LogP contribution in [0.4, 0.5) is 17.2 Å². The van der Waals surface area contributed by atoms with Gasteiger partial charge in [-0.2, -0.15) is 0 Å². The maximum absolute atomic E-state index is 12.5. The highest BCUT2D eigenvalue weighted by molar-refractivity contribution is 6.03. The normalized spacial score (nSPS) is 10.3. The lowest BCUT2D eigenvalue weighted by molar-refractivity contribution is 0.102. The van der Waals surface area contributed by atoms with Crippen molar-refractivity contribution in [3.05, 3.63) is 65.6 Å². The molecule has 144 valence electrons. The van der Waals surface area contributed by atoms with E-state index in [-0.39, 0.29) is 11.6 Å². The molecule has 0 aliphatic rings. The molecule has 3 rings (SSSR count). The molecule has 7 nitrogen and oxygen atoms in total. The van der Waals surface area contributed by atoms with E-state index in [4.69, 9.17) is 9.47 Å². The fraction of sp³-hybridized carbons (Fsp3) is 0.190. The van der Waals surface area contributed by atoms with Crippen LogP contribution < -0.4 is 20.1 Å². The lowest BCUT2D eigenvalue weighted by Crippen LogP contribution is -2.15. The Bertz CT molecular complexity index is 967. The van der Waals surface area contributed by atoms with Gasteiger partial charge in [-0.1, -0.05) is 6.07 Å². The molecule has 2 N–H and O–H groups in total. The van der Waals surface area contributed by atoms with Crippen LogP contribution in [0.5, 0.6) is 11.5 Å². The third kappa shape index (κ3) is 4.56. The summed E-state index contributed by atoms with van der Waals surface area (Å²) in [6.45, 7) is 4.06. The summed E-state index contributed by atoms with van der Waals surface area (Å²) in [7, 11) is 3.09. The number of nitrogens with one attached hydrogen (secondary N) is 2. The predicted octanol–water partition coefficient (Wildman–Crippen LogP) is 4.11. The average molecular weight is 378 g/mol. The third-order valence-electron chi connectivity index (χ3n) is 4.04. The number of aromatic nitrogens is 2. The maximum Gasteiger partial charge on any atom is 0.275 e. The van der Waals surface area contributed by atoms with E-state index in [0.29, 0.717) is 23.0 Å². The number of nitrogens with zero attached hydrogens (tertiary/aromatic N) is 2. The van der Waals surface area contributed by atoms with Crippen LogP contribution in [0.1, 0.15) is 21.6 Å². The molecular formula is C21H22N4O3. The van der Waals surface area contributed by atoms with Crippen LogP contribution in [0.15, 0.2) is 48.8 Å². The highest BCUT2D eigenvalue weighted by Gasteiger charge is 2.12. The Morgan fingerprint density at radius 3 is 2.29 bits per heavy atom. The smallest absolute Gasteiger partial charge is 0.275 e. The van der Waals surface area contributed by atoms with Crippen LogP contribution in [-0.2, 0) is 0 Å². The maximum atomic E-state index is 12.5. The number of benzene rings is 2. The number of carbonyl (C=O) groups excluding carboxylic acids is 1. The average Bonchev–Trinajstić information content (AvgIpc) is 2.68. The first-order valence-corrected chi connectivity index (χ1v) is 8.69. The number of hydrogen-bond acceptors (Lipinski definition) is 6. The lowest BCUT2D eigenvalue weighted by atomic mass is 10.1. The van der Waals surface area contributed by atoms with Crippen molar-refractivity contribution in [2.45, 2.75) is 13.8 Å². The van der Waals surface area contributed by atoms with Gasteiger partial charge in [0.1, 0.15) is 23.0 Å². The summed E-state index contributed by atoms with van der Waals surface area (Å²) in [6.07, 6.45) is 2.95. The summed E-state index contributed by atoms with van der Waals surface area (Å²) in [5.41, 5.74) is 3.95. The molecule has 0 bridgehead atoms. The number of rotatable bonds is 6. The first-order chi connectivity index (χ1) is 13.5. The van der Waals surface area contributed by atoms with E-state index in [9.17, 15) is 4.79 Å². The molecule has 1 aromatic heterocycles. The van der Waals surface area contributed by atoms with Gasteiger partial charge in [0.15, 0.2) is 0 Å². The summed E-state index contributed by atoms with van der Waals surface area (Å²) in [6, 6.07) is 11.3. The first kappa shape index (κ1) is 19.2. The van der Waals surface area contributed by atoms with Crippen LogP contribution in [0.2, 0.25) is 0 Å². The Morgan fingerprint density at radius 1 is 0.929 bits per heavy atom. The molecule has 28 heavy (non-hydrogen) atoms. The number of anilines is 3. The lowest BCUT2D eigenvalue weighted by Gasteiger charge is -2.11. The summed E-state index contributed by atoms with van der Waals surface area (Å²) >= 11 is 0. The summed E-state index contributed by atoms with van der Waals surface area (Å²) < 4.78 is 10.4. The number of hydrogen-bond donors (Lipinski definition) is 2. The van der Waals surface area contributed by atoms with E-state index < -0.39 is 0 Å². The van der Waals surface area contributed by atoms with Crippen molar-refractivity contribution in [2.24, 2.45) is 0 Å². The molecule has 0 spiro atoms. The molecule has 0 saturated heterocycles. The van der Waals surface area contributed by atoms with E-state index in [0.717, 1.165) is 16.8 Å². The molecule has 3 aromatic rings. The number of methoxy groups -OCH3 is 2. The highest BCUT2D eigenvalue weighted by atomic mass is 16.5. The molecule has 1 amide bonds. The van der Waals surface area contributed by atoms with Gasteiger partial charge in [-0.05, 0) is 49.2 Å². The molecule has 0 saturated carbocycles. The summed E-state index contributed by atoms with van der Waals surface area (Å²) in [5.74, 6) is 1.31. The quantitative estimate of drug-likeness (QED) is 0.671. The molecule has 2 aromatic carbocycles. The minimum Gasteiger partial charge on any atom is -0.497 e. The fourth-order valence-corrected chi connectivity index (χ4v) is 2.79. The standard InChI is InChI=1S/C21H22N4O3/c1-13-7-14(2)9-15(8-13)24-20-12-22-18(11-23-20)21(26)25-17-6-5-16(27-3)10-19(17)28-4/h5-12H,1-4H3,(H,23,24)(H,25,26). The van der Waals surface area contributed by atoms with Crippen molar-refractivity contribution in [3.63, 3.8) is 0 Å². The Balaban J connectivity index is 1.72. The van der Waals surface area contributed by atoms with Gasteiger partial charge < -0.3 is 20.1 Å². The SMILES string of the molecule is COc1ccc(NC(=O)c2cnc(Nc3cc(C)cc(C)c3)cn2)c(OC)c1. The van der Waals surface area contributed by atoms with Crippen molar-refractivity contribution in [1.82, 2.24) is 9.97 Å². The van der Waals surface area contributed by atoms with Gasteiger partial charge in [0, 0.05) is 11.8 Å². The predicted molar refractivity (Wildman–Crippen MR) is 109 cm³/mol. The van der Waals surface area contributed by atoms with Gasteiger partial charge in [-0.15, -0.1) is 0 Å². The van der Waals surface area contributed by atoms with E-state index in [1.807, 2.05) is 26.0 Å². The topological polar surface area (TPSA) is 85.4 Å². The Hall–Kier alpha value is -3.61. The number of ether oxygens (including phenoxy) is 2. The largest absolute Gasteiger partial charge is 0.497 e. The van der Waals surface area contributed by atoms with E-state index >= 15 is 0 Å². The molecule has 0 radical (unpaired) electrons. The summed E-state index contributed by atoms with van der Waals surface area (Å²) in [4.78, 5) is 21.0. The fourth-order valence-electron chi connectivity index (χ4n) is 2.79. The van der Waals surface area contributed by atoms with Crippen molar-refractivity contribution in [1.29, 1.82) is 0 Å². The number of aryl methyl sites for hydroxylation is 2. The second-order valence-electron chi connectivity index (χ2n) is 6.31. The van der Waals surface area contributed by atoms with Crippen LogP contribution in [-0.4, -0.2) is 30.1 Å². The Kier molecular flexibility index (Phi) is 5.74. The van der Waals surface area contributed by atoms with Crippen molar-refractivity contribution < 1.29 is 14.3 Å². The van der Waals surface area contributed by atoms with Crippen molar-refractivity contribution in [3.8, 4) is 11.5 Å². The monoisotopic (exact) mass is 378 g/mol. The zero-order valence-electron chi connectivity index (χ0n) is 16.2. The van der Waals surface area contributed by atoms with Crippen LogP contribution in [0.3, 0.4) is 0 Å². The van der Waals surface area contributed by atoms with Crippen molar-refractivity contribution in [2.75, 3.05) is 24.9 Å². The molecule has 0 aliphatic heterocycles. The number of amides is 1.